The lowest BCUT2D eigenvalue weighted by atomic mass is 9.90. The molecular formula is C25H30N4O3. The van der Waals surface area contributed by atoms with Gasteiger partial charge in [0.15, 0.2) is 0 Å². The minimum absolute atomic E-state index is 0.0799. The average molecular weight is 435 g/mol. The molecule has 0 bridgehead atoms. The number of nitrogens with zero attached hydrogens (tertiary/aromatic N) is 3. The van der Waals surface area contributed by atoms with Crippen molar-refractivity contribution in [3.05, 3.63) is 54.6 Å². The summed E-state index contributed by atoms with van der Waals surface area (Å²) in [4.78, 5) is 20.5. The van der Waals surface area contributed by atoms with E-state index in [4.69, 9.17) is 9.72 Å². The highest BCUT2D eigenvalue weighted by Crippen LogP contribution is 2.35. The summed E-state index contributed by atoms with van der Waals surface area (Å²) in [5, 5.41) is 14.6. The summed E-state index contributed by atoms with van der Waals surface area (Å²) in [5.74, 6) is 1.43. The van der Waals surface area contributed by atoms with Crippen molar-refractivity contribution in [1.29, 1.82) is 0 Å². The summed E-state index contributed by atoms with van der Waals surface area (Å²) in [7, 11) is 5.64. The first-order valence-electron chi connectivity index (χ1n) is 11.0. The van der Waals surface area contributed by atoms with Crippen LogP contribution in [0.2, 0.25) is 0 Å². The molecule has 4 rings (SSSR count). The number of fused-ring (bicyclic) bond motifs is 1. The average Bonchev–Trinajstić information content (AvgIpc) is 2.80. The monoisotopic (exact) mass is 434 g/mol. The summed E-state index contributed by atoms with van der Waals surface area (Å²) >= 11 is 0. The molecule has 7 heteroatoms. The Bertz CT molecular complexity index is 1090. The molecule has 1 amide bonds. The van der Waals surface area contributed by atoms with Crippen molar-refractivity contribution in [2.45, 2.75) is 37.8 Å². The van der Waals surface area contributed by atoms with Crippen LogP contribution in [0.1, 0.15) is 25.7 Å². The number of pyridine rings is 1. The summed E-state index contributed by atoms with van der Waals surface area (Å²) in [6.45, 7) is 0. The normalized spacial score (nSPS) is 18.2. The molecule has 1 aliphatic carbocycles. The quantitative estimate of drug-likeness (QED) is 0.554. The first kappa shape index (κ1) is 21.7. The second-order valence-corrected chi connectivity index (χ2v) is 8.41. The lowest BCUT2D eigenvalue weighted by Crippen LogP contribution is -2.43. The molecule has 168 valence electrons. The first-order valence-corrected chi connectivity index (χ1v) is 11.0. The van der Waals surface area contributed by atoms with Gasteiger partial charge in [0.25, 0.3) is 0 Å². The number of nitrogens with one attached hydrogen (secondary N) is 1. The number of aromatic nitrogens is 1. The summed E-state index contributed by atoms with van der Waals surface area (Å²) in [6, 6.07) is 17.7. The Morgan fingerprint density at radius 3 is 2.41 bits per heavy atom. The van der Waals surface area contributed by atoms with Crippen LogP contribution in [0.25, 0.3) is 10.9 Å². The maximum atomic E-state index is 12.1. The van der Waals surface area contributed by atoms with E-state index in [2.05, 4.69) is 22.3 Å². The molecule has 0 unspecified atom stereocenters. The SMILES string of the molecule is COc1ccccc1N(C(=O)O)C1CCC(Nc2cc(N(C)C)c3ccccc3n2)CC1. The van der Waals surface area contributed by atoms with Crippen LogP contribution in [-0.4, -0.2) is 49.5 Å². The topological polar surface area (TPSA) is 77.9 Å². The third kappa shape index (κ3) is 4.42. The van der Waals surface area contributed by atoms with Crippen molar-refractivity contribution >= 4 is 34.2 Å². The molecule has 1 saturated carbocycles. The summed E-state index contributed by atoms with van der Waals surface area (Å²) in [6.07, 6.45) is 2.34. The Morgan fingerprint density at radius 2 is 1.72 bits per heavy atom. The van der Waals surface area contributed by atoms with Crippen molar-refractivity contribution < 1.29 is 14.6 Å². The van der Waals surface area contributed by atoms with Gasteiger partial charge in [-0.05, 0) is 43.9 Å². The number of rotatable bonds is 6. The maximum Gasteiger partial charge on any atom is 0.412 e. The van der Waals surface area contributed by atoms with Gasteiger partial charge in [0.1, 0.15) is 11.6 Å². The highest BCUT2D eigenvalue weighted by molar-refractivity contribution is 5.93. The third-order valence-electron chi connectivity index (χ3n) is 6.14. The van der Waals surface area contributed by atoms with Gasteiger partial charge in [-0.1, -0.05) is 30.3 Å². The van der Waals surface area contributed by atoms with Gasteiger partial charge in [-0.15, -0.1) is 0 Å². The van der Waals surface area contributed by atoms with Crippen molar-refractivity contribution in [3.8, 4) is 5.75 Å². The van der Waals surface area contributed by atoms with Crippen LogP contribution in [0.3, 0.4) is 0 Å². The fourth-order valence-corrected chi connectivity index (χ4v) is 4.57. The minimum atomic E-state index is -0.947. The second-order valence-electron chi connectivity index (χ2n) is 8.41. The van der Waals surface area contributed by atoms with Crippen LogP contribution in [0, 0.1) is 0 Å². The molecule has 7 nitrogen and oxygen atoms in total. The number of hydrogen-bond acceptors (Lipinski definition) is 5. The molecule has 1 fully saturated rings. The molecule has 2 aromatic carbocycles. The van der Waals surface area contributed by atoms with Gasteiger partial charge < -0.3 is 20.1 Å². The first-order chi connectivity index (χ1) is 15.5. The largest absolute Gasteiger partial charge is 0.495 e. The molecule has 0 spiro atoms. The van der Waals surface area contributed by atoms with Gasteiger partial charge in [0.2, 0.25) is 0 Å². The van der Waals surface area contributed by atoms with Crippen LogP contribution in [0.4, 0.5) is 22.0 Å². The van der Waals surface area contributed by atoms with Gasteiger partial charge in [-0.2, -0.15) is 0 Å². The fraction of sp³-hybridized carbons (Fsp3) is 0.360. The Morgan fingerprint density at radius 1 is 1.03 bits per heavy atom. The Hall–Kier alpha value is -3.48. The highest BCUT2D eigenvalue weighted by atomic mass is 16.5. The van der Waals surface area contributed by atoms with E-state index in [-0.39, 0.29) is 12.1 Å². The molecular weight excluding hydrogens is 404 g/mol. The van der Waals surface area contributed by atoms with E-state index >= 15 is 0 Å². The molecule has 0 atom stereocenters. The van der Waals surface area contributed by atoms with E-state index < -0.39 is 6.09 Å². The minimum Gasteiger partial charge on any atom is -0.495 e. The molecule has 1 heterocycles. The van der Waals surface area contributed by atoms with Crippen LogP contribution in [0.15, 0.2) is 54.6 Å². The predicted molar refractivity (Wildman–Crippen MR) is 129 cm³/mol. The van der Waals surface area contributed by atoms with Crippen LogP contribution < -0.4 is 19.9 Å². The smallest absolute Gasteiger partial charge is 0.412 e. The standard InChI is InChI=1S/C25H30N4O3/c1-28(2)22-16-24(27-20-9-5-4-8-19(20)22)26-17-12-14-18(15-13-17)29(25(30)31)21-10-6-7-11-23(21)32-3/h4-11,16-18H,12-15H2,1-3H3,(H,26,27)(H,30,31). The summed E-state index contributed by atoms with van der Waals surface area (Å²) < 4.78 is 5.40. The van der Waals surface area contributed by atoms with Crippen molar-refractivity contribution in [3.63, 3.8) is 0 Å². The number of hydrogen-bond donors (Lipinski definition) is 2. The predicted octanol–water partition coefficient (Wildman–Crippen LogP) is 5.22. The van der Waals surface area contributed by atoms with Gasteiger partial charge in [-0.25, -0.2) is 9.78 Å². The number of amides is 1. The number of para-hydroxylation sites is 3. The van der Waals surface area contributed by atoms with Crippen molar-refractivity contribution in [2.75, 3.05) is 36.3 Å². The molecule has 32 heavy (non-hydrogen) atoms. The number of methoxy groups -OCH3 is 1. The van der Waals surface area contributed by atoms with Crippen molar-refractivity contribution in [1.82, 2.24) is 4.98 Å². The zero-order chi connectivity index (χ0) is 22.7. The zero-order valence-corrected chi connectivity index (χ0v) is 18.8. The van der Waals surface area contributed by atoms with Crippen molar-refractivity contribution in [2.24, 2.45) is 0 Å². The van der Waals surface area contributed by atoms with Gasteiger partial charge >= 0.3 is 6.09 Å². The van der Waals surface area contributed by atoms with E-state index in [9.17, 15) is 9.90 Å². The van der Waals surface area contributed by atoms with E-state index in [1.165, 1.54) is 4.90 Å². The number of ether oxygens (including phenoxy) is 1. The molecule has 1 aromatic heterocycles. The number of carbonyl (C=O) groups is 1. The molecule has 0 aliphatic heterocycles. The zero-order valence-electron chi connectivity index (χ0n) is 18.8. The number of anilines is 3. The van der Waals surface area contributed by atoms with Gasteiger partial charge in [-0.3, -0.25) is 4.90 Å². The van der Waals surface area contributed by atoms with E-state index in [1.54, 1.807) is 19.2 Å². The van der Waals surface area contributed by atoms with E-state index in [0.717, 1.165) is 48.1 Å². The molecule has 2 N–H and O–H groups in total. The summed E-state index contributed by atoms with van der Waals surface area (Å²) in [5.41, 5.74) is 2.69. The maximum absolute atomic E-state index is 12.1. The highest BCUT2D eigenvalue weighted by Gasteiger charge is 2.31. The van der Waals surface area contributed by atoms with E-state index in [0.29, 0.717) is 11.4 Å². The fourth-order valence-electron chi connectivity index (χ4n) is 4.57. The Balaban J connectivity index is 1.48. The number of carboxylic acid groups (broad SMARTS) is 1. The van der Waals surface area contributed by atoms with Crippen LogP contribution in [0.5, 0.6) is 5.75 Å². The third-order valence-corrected chi connectivity index (χ3v) is 6.14. The van der Waals surface area contributed by atoms with Gasteiger partial charge in [0, 0.05) is 43.3 Å². The van der Waals surface area contributed by atoms with Crippen LogP contribution >= 0.6 is 0 Å². The molecule has 0 radical (unpaired) electrons. The Kier molecular flexibility index (Phi) is 6.35. The molecule has 1 aliphatic rings. The van der Waals surface area contributed by atoms with E-state index in [1.807, 2.05) is 44.4 Å². The van der Waals surface area contributed by atoms with Crippen LogP contribution in [-0.2, 0) is 0 Å². The van der Waals surface area contributed by atoms with Gasteiger partial charge in [0.05, 0.1) is 18.3 Å². The lowest BCUT2D eigenvalue weighted by molar-refractivity contribution is 0.195. The molecule has 0 saturated heterocycles. The Labute approximate surface area is 188 Å². The second kappa shape index (κ2) is 9.34. The lowest BCUT2D eigenvalue weighted by Gasteiger charge is -2.36. The molecule has 3 aromatic rings. The number of benzene rings is 2.